The molecule has 0 aliphatic heterocycles. The molecule has 20 heavy (non-hydrogen) atoms. The van der Waals surface area contributed by atoms with Crippen LogP contribution in [0, 0.1) is 5.92 Å². The third-order valence-electron chi connectivity index (χ3n) is 3.10. The third-order valence-corrected chi connectivity index (χ3v) is 4.39. The minimum Gasteiger partial charge on any atom is -0.438 e. The summed E-state index contributed by atoms with van der Waals surface area (Å²) in [5.74, 6) is -0.0581. The van der Waals surface area contributed by atoms with E-state index in [9.17, 15) is 13.2 Å². The van der Waals surface area contributed by atoms with Gasteiger partial charge in [0.15, 0.2) is 5.76 Å². The molecule has 0 bridgehead atoms. The van der Waals surface area contributed by atoms with Crippen LogP contribution in [0.3, 0.4) is 0 Å². The van der Waals surface area contributed by atoms with Crippen LogP contribution in [0.4, 0.5) is 0 Å². The maximum absolute atomic E-state index is 11.9. The van der Waals surface area contributed by atoms with Crippen molar-refractivity contribution in [3.05, 3.63) is 17.9 Å². The summed E-state index contributed by atoms with van der Waals surface area (Å²) < 4.78 is 30.1. The first-order chi connectivity index (χ1) is 8.97. The number of hydrogen-bond acceptors (Lipinski definition) is 5. The molecule has 1 unspecified atom stereocenters. The lowest BCUT2D eigenvalue weighted by Gasteiger charge is -2.14. The fourth-order valence-electron chi connectivity index (χ4n) is 1.79. The third kappa shape index (κ3) is 3.72. The van der Waals surface area contributed by atoms with E-state index in [4.69, 9.17) is 10.2 Å². The number of amides is 1. The van der Waals surface area contributed by atoms with Crippen molar-refractivity contribution in [1.29, 1.82) is 0 Å². The van der Waals surface area contributed by atoms with Gasteiger partial charge >= 0.3 is 0 Å². The van der Waals surface area contributed by atoms with Crippen molar-refractivity contribution in [3.8, 4) is 0 Å². The van der Waals surface area contributed by atoms with Gasteiger partial charge in [0.25, 0.3) is 15.9 Å². The molecule has 1 aliphatic carbocycles. The van der Waals surface area contributed by atoms with E-state index in [1.165, 1.54) is 19.2 Å². The largest absolute Gasteiger partial charge is 0.438 e. The lowest BCUT2D eigenvalue weighted by atomic mass is 10.2. The number of carbonyl (C=O) groups is 1. The number of rotatable bonds is 6. The predicted molar refractivity (Wildman–Crippen MR) is 75.2 cm³/mol. The molecular weight excluding hydrogens is 306 g/mol. The molecule has 1 aromatic rings. The molecule has 1 atom stereocenters. The van der Waals surface area contributed by atoms with Crippen LogP contribution in [0.25, 0.3) is 0 Å². The van der Waals surface area contributed by atoms with Crippen LogP contribution in [0.15, 0.2) is 21.6 Å². The Labute approximate surface area is 123 Å². The van der Waals surface area contributed by atoms with Gasteiger partial charge in [-0.2, -0.15) is 0 Å². The molecule has 7 nitrogen and oxygen atoms in total. The van der Waals surface area contributed by atoms with Gasteiger partial charge in [0.2, 0.25) is 5.09 Å². The van der Waals surface area contributed by atoms with E-state index in [0.29, 0.717) is 12.5 Å². The number of furan rings is 1. The van der Waals surface area contributed by atoms with Gasteiger partial charge in [-0.05, 0) is 37.9 Å². The summed E-state index contributed by atoms with van der Waals surface area (Å²) in [5, 5.41) is 2.47. The van der Waals surface area contributed by atoms with E-state index in [1.54, 1.807) is 0 Å². The van der Waals surface area contributed by atoms with Crippen molar-refractivity contribution in [2.45, 2.75) is 24.0 Å². The van der Waals surface area contributed by atoms with Gasteiger partial charge in [-0.15, -0.1) is 12.4 Å². The molecule has 1 aliphatic rings. The molecular formula is C11H18ClN3O4S. The molecule has 1 fully saturated rings. The average Bonchev–Trinajstić information content (AvgIpc) is 3.10. The van der Waals surface area contributed by atoms with Gasteiger partial charge in [-0.3, -0.25) is 4.79 Å². The summed E-state index contributed by atoms with van der Waals surface area (Å²) in [5.41, 5.74) is 5.58. The molecule has 1 aromatic heterocycles. The van der Waals surface area contributed by atoms with E-state index >= 15 is 0 Å². The molecule has 0 spiro atoms. The number of sulfonamides is 1. The SMILES string of the molecule is CNS(=O)(=O)c1ccc(C(=O)NC(CN)C2CC2)o1.Cl. The molecule has 1 saturated carbocycles. The standard InChI is InChI=1S/C11H17N3O4S.ClH/c1-13-19(16,17)10-5-4-9(18-10)11(15)14-8(6-12)7-2-3-7;/h4-5,7-8,13H,2-3,6,12H2,1H3,(H,14,15);1H. The van der Waals surface area contributed by atoms with E-state index in [2.05, 4.69) is 10.0 Å². The zero-order chi connectivity index (χ0) is 14.0. The fourth-order valence-corrected chi connectivity index (χ4v) is 2.44. The molecule has 1 heterocycles. The van der Waals surface area contributed by atoms with Gasteiger partial charge in [0.1, 0.15) is 0 Å². The Bertz CT molecular complexity index is 568. The highest BCUT2D eigenvalue weighted by Gasteiger charge is 2.32. The van der Waals surface area contributed by atoms with Gasteiger partial charge < -0.3 is 15.5 Å². The summed E-state index contributed by atoms with van der Waals surface area (Å²) in [6.07, 6.45) is 2.11. The van der Waals surface area contributed by atoms with Crippen molar-refractivity contribution in [3.63, 3.8) is 0 Å². The summed E-state index contributed by atoms with van der Waals surface area (Å²) in [6.45, 7) is 0.360. The van der Waals surface area contributed by atoms with Crippen LogP contribution in [0.5, 0.6) is 0 Å². The van der Waals surface area contributed by atoms with Crippen LogP contribution >= 0.6 is 12.4 Å². The molecule has 4 N–H and O–H groups in total. The fraction of sp³-hybridized carbons (Fsp3) is 0.545. The maximum Gasteiger partial charge on any atom is 0.287 e. The molecule has 1 amide bonds. The summed E-state index contributed by atoms with van der Waals surface area (Å²) in [4.78, 5) is 11.9. The van der Waals surface area contributed by atoms with Crippen LogP contribution in [-0.4, -0.2) is 34.0 Å². The number of hydrogen-bond donors (Lipinski definition) is 3. The summed E-state index contributed by atoms with van der Waals surface area (Å²) in [6, 6.07) is 2.50. The summed E-state index contributed by atoms with van der Waals surface area (Å²) in [7, 11) is -2.40. The van der Waals surface area contributed by atoms with Gasteiger partial charge in [0, 0.05) is 12.6 Å². The number of carbonyl (C=O) groups excluding carboxylic acids is 1. The second-order valence-corrected chi connectivity index (χ2v) is 6.30. The Morgan fingerprint density at radius 1 is 1.50 bits per heavy atom. The Morgan fingerprint density at radius 3 is 2.65 bits per heavy atom. The Balaban J connectivity index is 0.00000200. The molecule has 9 heteroatoms. The van der Waals surface area contributed by atoms with Crippen molar-refractivity contribution in [2.75, 3.05) is 13.6 Å². The first-order valence-corrected chi connectivity index (χ1v) is 7.50. The molecule has 0 saturated heterocycles. The molecule has 0 radical (unpaired) electrons. The van der Waals surface area contributed by atoms with Crippen LogP contribution < -0.4 is 15.8 Å². The molecule has 0 aromatic carbocycles. The number of halogens is 1. The van der Waals surface area contributed by atoms with Gasteiger partial charge in [-0.25, -0.2) is 13.1 Å². The highest BCUT2D eigenvalue weighted by atomic mass is 35.5. The highest BCUT2D eigenvalue weighted by molar-refractivity contribution is 7.89. The smallest absolute Gasteiger partial charge is 0.287 e. The second kappa shape index (κ2) is 6.57. The minimum atomic E-state index is -3.67. The van der Waals surface area contributed by atoms with Crippen LogP contribution in [0.2, 0.25) is 0 Å². The first-order valence-electron chi connectivity index (χ1n) is 6.02. The topological polar surface area (TPSA) is 114 Å². The van der Waals surface area contributed by atoms with Crippen LogP contribution in [-0.2, 0) is 10.0 Å². The van der Waals surface area contributed by atoms with Crippen molar-refractivity contribution in [1.82, 2.24) is 10.0 Å². The molecule has 114 valence electrons. The number of nitrogens with two attached hydrogens (primary N) is 1. The Hall–Kier alpha value is -1.09. The first kappa shape index (κ1) is 17.0. The van der Waals surface area contributed by atoms with Crippen molar-refractivity contribution < 1.29 is 17.6 Å². The monoisotopic (exact) mass is 323 g/mol. The second-order valence-electron chi connectivity index (χ2n) is 4.48. The van der Waals surface area contributed by atoms with Crippen molar-refractivity contribution >= 4 is 28.3 Å². The van der Waals surface area contributed by atoms with Gasteiger partial charge in [0.05, 0.1) is 0 Å². The Morgan fingerprint density at radius 2 is 2.15 bits per heavy atom. The van der Waals surface area contributed by atoms with E-state index in [-0.39, 0.29) is 29.3 Å². The Kier molecular flexibility index (Phi) is 5.58. The summed E-state index contributed by atoms with van der Waals surface area (Å²) >= 11 is 0. The van der Waals surface area contributed by atoms with Crippen LogP contribution in [0.1, 0.15) is 23.4 Å². The normalized spacial score (nSPS) is 16.3. The lowest BCUT2D eigenvalue weighted by Crippen LogP contribution is -2.41. The van der Waals surface area contributed by atoms with Crippen molar-refractivity contribution in [2.24, 2.45) is 11.7 Å². The quantitative estimate of drug-likeness (QED) is 0.685. The number of nitrogens with one attached hydrogen (secondary N) is 2. The van der Waals surface area contributed by atoms with Gasteiger partial charge in [-0.1, -0.05) is 0 Å². The van der Waals surface area contributed by atoms with E-state index in [1.807, 2.05) is 0 Å². The average molecular weight is 324 g/mol. The highest BCUT2D eigenvalue weighted by Crippen LogP contribution is 2.32. The maximum atomic E-state index is 11.9. The lowest BCUT2D eigenvalue weighted by molar-refractivity contribution is 0.0900. The minimum absolute atomic E-state index is 0. The molecule has 2 rings (SSSR count). The van der Waals surface area contributed by atoms with E-state index in [0.717, 1.165) is 12.8 Å². The van der Waals surface area contributed by atoms with E-state index < -0.39 is 15.9 Å². The zero-order valence-corrected chi connectivity index (χ0v) is 12.6. The zero-order valence-electron chi connectivity index (χ0n) is 11.0. The predicted octanol–water partition coefficient (Wildman–Crippen LogP) is 0.0766.